The molecule has 0 bridgehead atoms. The lowest BCUT2D eigenvalue weighted by Gasteiger charge is -2.13. The number of nitrogens with zero attached hydrogens (tertiary/aromatic N) is 3. The third-order valence-electron chi connectivity index (χ3n) is 4.19. The van der Waals surface area contributed by atoms with E-state index >= 15 is 0 Å². The quantitative estimate of drug-likeness (QED) is 0.452. The van der Waals surface area contributed by atoms with E-state index in [1.807, 2.05) is 25.1 Å². The largest absolute Gasteiger partial charge is 0.493 e. The average molecular weight is 383 g/mol. The summed E-state index contributed by atoms with van der Waals surface area (Å²) in [5.74, 6) is 2.31. The van der Waals surface area contributed by atoms with Gasteiger partial charge in [0.1, 0.15) is 5.82 Å². The second-order valence-electron chi connectivity index (χ2n) is 6.06. The maximum atomic E-state index is 10.7. The van der Waals surface area contributed by atoms with E-state index in [0.717, 1.165) is 11.1 Å². The van der Waals surface area contributed by atoms with Crippen LogP contribution in [0.3, 0.4) is 0 Å². The van der Waals surface area contributed by atoms with Gasteiger partial charge in [-0.2, -0.15) is 5.10 Å². The van der Waals surface area contributed by atoms with Crippen LogP contribution < -0.4 is 15.2 Å². The number of H-pyrrole nitrogens is 1. The van der Waals surface area contributed by atoms with Crippen molar-refractivity contribution in [3.63, 3.8) is 0 Å². The number of rotatable bonds is 8. The van der Waals surface area contributed by atoms with Gasteiger partial charge in [0.15, 0.2) is 17.3 Å². The van der Waals surface area contributed by atoms with E-state index in [2.05, 4.69) is 15.2 Å². The first-order chi connectivity index (χ1) is 13.5. The number of non-ortho nitro benzene ring substituents is 1. The molecule has 0 aliphatic carbocycles. The summed E-state index contributed by atoms with van der Waals surface area (Å²) in [6.07, 6.45) is 0.463. The van der Waals surface area contributed by atoms with Crippen LogP contribution in [0.5, 0.6) is 11.5 Å². The van der Waals surface area contributed by atoms with Gasteiger partial charge in [0.05, 0.1) is 24.7 Å². The summed E-state index contributed by atoms with van der Waals surface area (Å²) >= 11 is 0. The average Bonchev–Trinajstić information content (AvgIpc) is 3.17. The molecule has 0 saturated carbocycles. The van der Waals surface area contributed by atoms with Crippen molar-refractivity contribution in [2.75, 3.05) is 13.7 Å². The predicted octanol–water partition coefficient (Wildman–Crippen LogP) is 2.76. The number of methoxy groups -OCH3 is 1. The fourth-order valence-corrected chi connectivity index (χ4v) is 2.76. The van der Waals surface area contributed by atoms with Crippen molar-refractivity contribution < 1.29 is 14.4 Å². The number of aromatic amines is 1. The third-order valence-corrected chi connectivity index (χ3v) is 4.19. The zero-order valence-corrected chi connectivity index (χ0v) is 15.6. The summed E-state index contributed by atoms with van der Waals surface area (Å²) in [6.45, 7) is 2.44. The van der Waals surface area contributed by atoms with Gasteiger partial charge >= 0.3 is 0 Å². The van der Waals surface area contributed by atoms with Crippen LogP contribution in [0.4, 0.5) is 5.69 Å². The minimum absolute atomic E-state index is 0.0495. The zero-order chi connectivity index (χ0) is 20.1. The summed E-state index contributed by atoms with van der Waals surface area (Å²) in [5, 5.41) is 17.8. The topological polar surface area (TPSA) is 129 Å². The molecule has 1 heterocycles. The number of nitrogens with one attached hydrogen (secondary N) is 1. The molecular formula is C19H21N5O4. The van der Waals surface area contributed by atoms with Gasteiger partial charge < -0.3 is 15.2 Å². The van der Waals surface area contributed by atoms with Crippen LogP contribution in [0, 0.1) is 10.1 Å². The highest BCUT2D eigenvalue weighted by Gasteiger charge is 2.17. The fourth-order valence-electron chi connectivity index (χ4n) is 2.76. The lowest BCUT2D eigenvalue weighted by atomic mass is 10.1. The molecule has 0 amide bonds. The molecular weight excluding hydrogens is 362 g/mol. The number of hydrogen-bond acceptors (Lipinski definition) is 7. The molecule has 0 fully saturated rings. The van der Waals surface area contributed by atoms with E-state index < -0.39 is 11.0 Å². The van der Waals surface area contributed by atoms with Gasteiger partial charge in [-0.3, -0.25) is 15.2 Å². The highest BCUT2D eigenvalue weighted by atomic mass is 16.6. The summed E-state index contributed by atoms with van der Waals surface area (Å²) in [5.41, 5.74) is 8.03. The molecule has 0 spiro atoms. The van der Waals surface area contributed by atoms with Gasteiger partial charge in [0.25, 0.3) is 5.69 Å². The maximum absolute atomic E-state index is 10.7. The van der Waals surface area contributed by atoms with Crippen LogP contribution in [-0.2, 0) is 6.42 Å². The van der Waals surface area contributed by atoms with Crippen molar-refractivity contribution in [2.24, 2.45) is 5.73 Å². The van der Waals surface area contributed by atoms with Crippen LogP contribution in [-0.4, -0.2) is 33.8 Å². The van der Waals surface area contributed by atoms with Crippen molar-refractivity contribution >= 4 is 5.69 Å². The van der Waals surface area contributed by atoms with Gasteiger partial charge in [-0.25, -0.2) is 4.98 Å². The second kappa shape index (κ2) is 8.49. The Balaban J connectivity index is 1.74. The van der Waals surface area contributed by atoms with Gasteiger partial charge in [0, 0.05) is 18.6 Å². The molecule has 9 nitrogen and oxygen atoms in total. The standard InChI is InChI=1S/C19H21N5O4/c1-3-28-15-9-6-13(11-16(15)27-2)18(20)19-21-17(22-23-19)10-12-4-7-14(8-5-12)24(25)26/h4-9,11,18H,3,10,20H2,1-2H3,(H,21,22,23)/t18-/m0/s1. The Morgan fingerprint density at radius 3 is 2.61 bits per heavy atom. The molecule has 1 aromatic heterocycles. The van der Waals surface area contributed by atoms with Gasteiger partial charge in [-0.1, -0.05) is 18.2 Å². The Morgan fingerprint density at radius 1 is 1.21 bits per heavy atom. The van der Waals surface area contributed by atoms with Crippen molar-refractivity contribution in [1.29, 1.82) is 0 Å². The molecule has 146 valence electrons. The molecule has 3 N–H and O–H groups in total. The minimum Gasteiger partial charge on any atom is -0.493 e. The highest BCUT2D eigenvalue weighted by molar-refractivity contribution is 5.44. The van der Waals surface area contributed by atoms with Crippen LogP contribution in [0.25, 0.3) is 0 Å². The van der Waals surface area contributed by atoms with E-state index in [9.17, 15) is 10.1 Å². The Bertz CT molecular complexity index is 955. The number of aromatic nitrogens is 3. The number of nitro groups is 1. The van der Waals surface area contributed by atoms with Crippen LogP contribution >= 0.6 is 0 Å². The molecule has 0 aliphatic heterocycles. The lowest BCUT2D eigenvalue weighted by molar-refractivity contribution is -0.384. The Morgan fingerprint density at radius 2 is 1.96 bits per heavy atom. The molecule has 0 saturated heterocycles. The molecule has 3 rings (SSSR count). The number of ether oxygens (including phenoxy) is 2. The minimum atomic E-state index is -0.536. The molecule has 2 aromatic carbocycles. The number of nitrogens with two attached hydrogens (primary N) is 1. The van der Waals surface area contributed by atoms with Crippen molar-refractivity contribution in [1.82, 2.24) is 15.2 Å². The first kappa shape index (κ1) is 19.3. The van der Waals surface area contributed by atoms with Crippen LogP contribution in [0.2, 0.25) is 0 Å². The van der Waals surface area contributed by atoms with Gasteiger partial charge in [-0.05, 0) is 30.2 Å². The summed E-state index contributed by atoms with van der Waals surface area (Å²) < 4.78 is 10.9. The molecule has 0 radical (unpaired) electrons. The van der Waals surface area contributed by atoms with E-state index in [4.69, 9.17) is 15.2 Å². The van der Waals surface area contributed by atoms with E-state index in [0.29, 0.717) is 36.2 Å². The van der Waals surface area contributed by atoms with E-state index in [1.165, 1.54) is 12.1 Å². The van der Waals surface area contributed by atoms with Gasteiger partial charge in [-0.15, -0.1) is 0 Å². The Hall–Kier alpha value is -3.46. The van der Waals surface area contributed by atoms with Gasteiger partial charge in [0.2, 0.25) is 0 Å². The first-order valence-corrected chi connectivity index (χ1v) is 8.72. The number of nitro benzene ring substituents is 1. The van der Waals surface area contributed by atoms with Crippen molar-refractivity contribution in [3.05, 3.63) is 75.4 Å². The normalized spacial score (nSPS) is 11.8. The SMILES string of the molecule is CCOc1ccc([C@H](N)c2n[nH]c(Cc3ccc([N+](=O)[O-])cc3)n2)cc1OC. The summed E-state index contributed by atoms with van der Waals surface area (Å²) in [7, 11) is 1.57. The third kappa shape index (κ3) is 4.26. The summed E-state index contributed by atoms with van der Waals surface area (Å²) in [6, 6.07) is 11.2. The first-order valence-electron chi connectivity index (χ1n) is 8.72. The summed E-state index contributed by atoms with van der Waals surface area (Å²) in [4.78, 5) is 14.8. The highest BCUT2D eigenvalue weighted by Crippen LogP contribution is 2.31. The monoisotopic (exact) mass is 383 g/mol. The number of benzene rings is 2. The molecule has 9 heteroatoms. The smallest absolute Gasteiger partial charge is 0.269 e. The molecule has 3 aromatic rings. The van der Waals surface area contributed by atoms with E-state index in [-0.39, 0.29) is 5.69 Å². The molecule has 0 aliphatic rings. The Labute approximate surface area is 161 Å². The van der Waals surface area contributed by atoms with Crippen LogP contribution in [0.1, 0.15) is 35.7 Å². The molecule has 0 unspecified atom stereocenters. The second-order valence-corrected chi connectivity index (χ2v) is 6.06. The Kier molecular flexibility index (Phi) is 5.85. The van der Waals surface area contributed by atoms with Crippen molar-refractivity contribution in [3.8, 4) is 11.5 Å². The molecule has 28 heavy (non-hydrogen) atoms. The fraction of sp³-hybridized carbons (Fsp3) is 0.263. The van der Waals surface area contributed by atoms with E-state index in [1.54, 1.807) is 19.2 Å². The van der Waals surface area contributed by atoms with Crippen LogP contribution in [0.15, 0.2) is 42.5 Å². The lowest BCUT2D eigenvalue weighted by Crippen LogP contribution is -2.14. The maximum Gasteiger partial charge on any atom is 0.269 e. The predicted molar refractivity (Wildman–Crippen MR) is 102 cm³/mol. The number of hydrogen-bond donors (Lipinski definition) is 2. The molecule has 1 atom stereocenters. The van der Waals surface area contributed by atoms with Crippen molar-refractivity contribution in [2.45, 2.75) is 19.4 Å². The zero-order valence-electron chi connectivity index (χ0n) is 15.6.